The standard InChI is InChI=1S/C30H37N3O2/c34-30(33-19-17-32(18-20-33)24-25-8-3-1-4-9-25)28-11-10-27-23-29(13-12-26(27)22-28)35-21-7-16-31-14-5-2-6-15-31/h1,3-4,8-13,22-23H,2,5-7,14-21,24H2. The number of rotatable bonds is 8. The number of ether oxygens (including phenoxy) is 1. The lowest BCUT2D eigenvalue weighted by atomic mass is 10.1. The number of amides is 1. The Morgan fingerprint density at radius 2 is 1.49 bits per heavy atom. The monoisotopic (exact) mass is 471 g/mol. The van der Waals surface area contributed by atoms with Gasteiger partial charge in [0.2, 0.25) is 0 Å². The molecule has 0 aliphatic carbocycles. The molecule has 0 N–H and O–H groups in total. The molecule has 184 valence electrons. The first-order chi connectivity index (χ1) is 17.2. The lowest BCUT2D eigenvalue weighted by Gasteiger charge is -2.34. The number of carbonyl (C=O) groups is 1. The molecule has 0 radical (unpaired) electrons. The van der Waals surface area contributed by atoms with E-state index >= 15 is 0 Å². The Kier molecular flexibility index (Phi) is 7.96. The second-order valence-electron chi connectivity index (χ2n) is 9.88. The molecule has 2 fully saturated rings. The van der Waals surface area contributed by atoms with Crippen molar-refractivity contribution in [1.29, 1.82) is 0 Å². The predicted molar refractivity (Wildman–Crippen MR) is 142 cm³/mol. The summed E-state index contributed by atoms with van der Waals surface area (Å²) < 4.78 is 6.02. The van der Waals surface area contributed by atoms with E-state index in [1.165, 1.54) is 37.9 Å². The molecule has 1 amide bonds. The van der Waals surface area contributed by atoms with Crippen LogP contribution in [0.5, 0.6) is 5.75 Å². The molecule has 2 aliphatic rings. The minimum atomic E-state index is 0.129. The topological polar surface area (TPSA) is 36.0 Å². The molecule has 0 spiro atoms. The van der Waals surface area contributed by atoms with Gasteiger partial charge in [0.15, 0.2) is 0 Å². The zero-order valence-corrected chi connectivity index (χ0v) is 20.7. The Hall–Kier alpha value is -2.89. The Bertz CT molecular complexity index is 1100. The summed E-state index contributed by atoms with van der Waals surface area (Å²) in [6.07, 6.45) is 5.11. The van der Waals surface area contributed by atoms with Crippen molar-refractivity contribution in [2.24, 2.45) is 0 Å². The van der Waals surface area contributed by atoms with Gasteiger partial charge in [0.1, 0.15) is 5.75 Å². The minimum absolute atomic E-state index is 0.129. The van der Waals surface area contributed by atoms with Crippen LogP contribution >= 0.6 is 0 Å². The molecule has 0 unspecified atom stereocenters. The summed E-state index contributed by atoms with van der Waals surface area (Å²) in [4.78, 5) is 20.1. The van der Waals surface area contributed by atoms with Crippen LogP contribution in [-0.4, -0.2) is 73.0 Å². The van der Waals surface area contributed by atoms with Crippen LogP contribution in [0.2, 0.25) is 0 Å². The van der Waals surface area contributed by atoms with Gasteiger partial charge < -0.3 is 14.5 Å². The van der Waals surface area contributed by atoms with Crippen molar-refractivity contribution in [3.05, 3.63) is 77.9 Å². The Morgan fingerprint density at radius 1 is 0.743 bits per heavy atom. The van der Waals surface area contributed by atoms with Gasteiger partial charge in [-0.1, -0.05) is 48.9 Å². The van der Waals surface area contributed by atoms with Crippen LogP contribution in [0.25, 0.3) is 10.8 Å². The van der Waals surface area contributed by atoms with E-state index in [1.807, 2.05) is 23.1 Å². The average molecular weight is 472 g/mol. The van der Waals surface area contributed by atoms with Gasteiger partial charge in [-0.3, -0.25) is 9.69 Å². The first kappa shape index (κ1) is 23.8. The minimum Gasteiger partial charge on any atom is -0.494 e. The molecule has 2 heterocycles. The first-order valence-electron chi connectivity index (χ1n) is 13.2. The maximum absolute atomic E-state index is 13.2. The number of nitrogens with zero attached hydrogens (tertiary/aromatic N) is 3. The maximum atomic E-state index is 13.2. The third-order valence-corrected chi connectivity index (χ3v) is 7.30. The lowest BCUT2D eigenvalue weighted by Crippen LogP contribution is -2.48. The molecule has 35 heavy (non-hydrogen) atoms. The molecule has 0 atom stereocenters. The Morgan fingerprint density at radius 3 is 2.29 bits per heavy atom. The SMILES string of the molecule is O=C(c1ccc2cc(OCCCN3CCCCC3)ccc2c1)N1CCN(Cc2ccccc2)CC1. The van der Waals surface area contributed by atoms with E-state index in [-0.39, 0.29) is 5.91 Å². The molecule has 0 bridgehead atoms. The number of piperazine rings is 1. The zero-order chi connectivity index (χ0) is 23.9. The van der Waals surface area contributed by atoms with Gasteiger partial charge in [0.05, 0.1) is 6.61 Å². The van der Waals surface area contributed by atoms with Crippen molar-refractivity contribution in [1.82, 2.24) is 14.7 Å². The van der Waals surface area contributed by atoms with E-state index in [9.17, 15) is 4.79 Å². The number of piperidine rings is 1. The number of benzene rings is 3. The molecular weight excluding hydrogens is 434 g/mol. The molecule has 2 saturated heterocycles. The van der Waals surface area contributed by atoms with Crippen molar-refractivity contribution < 1.29 is 9.53 Å². The van der Waals surface area contributed by atoms with Gasteiger partial charge in [-0.15, -0.1) is 0 Å². The summed E-state index contributed by atoms with van der Waals surface area (Å²) in [7, 11) is 0. The molecule has 3 aromatic carbocycles. The van der Waals surface area contributed by atoms with Gasteiger partial charge in [-0.05, 0) is 73.0 Å². The van der Waals surface area contributed by atoms with E-state index in [0.29, 0.717) is 0 Å². The Balaban J connectivity index is 1.12. The van der Waals surface area contributed by atoms with E-state index in [4.69, 9.17) is 4.74 Å². The second kappa shape index (κ2) is 11.7. The van der Waals surface area contributed by atoms with Gasteiger partial charge in [0.25, 0.3) is 5.91 Å². The highest BCUT2D eigenvalue weighted by molar-refractivity contribution is 5.98. The highest BCUT2D eigenvalue weighted by Gasteiger charge is 2.22. The average Bonchev–Trinajstić information content (AvgIpc) is 2.92. The third kappa shape index (κ3) is 6.41. The largest absolute Gasteiger partial charge is 0.494 e. The fourth-order valence-corrected chi connectivity index (χ4v) is 5.24. The normalized spacial score (nSPS) is 17.5. The first-order valence-corrected chi connectivity index (χ1v) is 13.2. The fourth-order valence-electron chi connectivity index (χ4n) is 5.24. The summed E-state index contributed by atoms with van der Waals surface area (Å²) in [5.74, 6) is 1.04. The number of likely N-dealkylation sites (tertiary alicyclic amines) is 1. The lowest BCUT2D eigenvalue weighted by molar-refractivity contribution is 0.0628. The number of hydrogen-bond acceptors (Lipinski definition) is 4. The molecule has 0 aromatic heterocycles. The van der Waals surface area contributed by atoms with E-state index < -0.39 is 0 Å². The van der Waals surface area contributed by atoms with E-state index in [0.717, 1.165) is 74.4 Å². The number of hydrogen-bond donors (Lipinski definition) is 0. The summed E-state index contributed by atoms with van der Waals surface area (Å²) in [6, 6.07) is 22.8. The van der Waals surface area contributed by atoms with Crippen LogP contribution < -0.4 is 4.74 Å². The van der Waals surface area contributed by atoms with Crippen molar-refractivity contribution in [3.8, 4) is 5.75 Å². The summed E-state index contributed by atoms with van der Waals surface area (Å²) >= 11 is 0. The predicted octanol–water partition coefficient (Wildman–Crippen LogP) is 5.05. The van der Waals surface area contributed by atoms with E-state index in [2.05, 4.69) is 58.3 Å². The van der Waals surface area contributed by atoms with Crippen LogP contribution in [0.3, 0.4) is 0 Å². The van der Waals surface area contributed by atoms with Crippen molar-refractivity contribution in [2.75, 3.05) is 52.4 Å². The van der Waals surface area contributed by atoms with Crippen molar-refractivity contribution in [2.45, 2.75) is 32.2 Å². The maximum Gasteiger partial charge on any atom is 0.253 e. The molecular formula is C30H37N3O2. The molecule has 5 nitrogen and oxygen atoms in total. The number of fused-ring (bicyclic) bond motifs is 1. The fraction of sp³-hybridized carbons (Fsp3) is 0.433. The Labute approximate surface area is 209 Å². The highest BCUT2D eigenvalue weighted by atomic mass is 16.5. The smallest absolute Gasteiger partial charge is 0.253 e. The van der Waals surface area contributed by atoms with Crippen LogP contribution in [-0.2, 0) is 6.54 Å². The van der Waals surface area contributed by atoms with Crippen LogP contribution in [0.15, 0.2) is 66.7 Å². The quantitative estimate of drug-likeness (QED) is 0.431. The summed E-state index contributed by atoms with van der Waals surface area (Å²) in [5, 5.41) is 2.20. The van der Waals surface area contributed by atoms with Crippen LogP contribution in [0, 0.1) is 0 Å². The molecule has 5 heteroatoms. The molecule has 2 aliphatic heterocycles. The van der Waals surface area contributed by atoms with Crippen LogP contribution in [0.4, 0.5) is 0 Å². The molecule has 3 aromatic rings. The van der Waals surface area contributed by atoms with Crippen molar-refractivity contribution in [3.63, 3.8) is 0 Å². The molecule has 0 saturated carbocycles. The zero-order valence-electron chi connectivity index (χ0n) is 20.7. The van der Waals surface area contributed by atoms with E-state index in [1.54, 1.807) is 0 Å². The second-order valence-corrected chi connectivity index (χ2v) is 9.88. The third-order valence-electron chi connectivity index (χ3n) is 7.30. The van der Waals surface area contributed by atoms with Crippen LogP contribution in [0.1, 0.15) is 41.6 Å². The van der Waals surface area contributed by atoms with Gasteiger partial charge in [0, 0.05) is 44.8 Å². The number of carbonyl (C=O) groups excluding carboxylic acids is 1. The van der Waals surface area contributed by atoms with Gasteiger partial charge >= 0.3 is 0 Å². The summed E-state index contributed by atoms with van der Waals surface area (Å²) in [6.45, 7) is 8.65. The highest BCUT2D eigenvalue weighted by Crippen LogP contribution is 2.23. The van der Waals surface area contributed by atoms with Gasteiger partial charge in [-0.25, -0.2) is 0 Å². The summed E-state index contributed by atoms with van der Waals surface area (Å²) in [5.41, 5.74) is 2.09. The molecule has 5 rings (SSSR count). The van der Waals surface area contributed by atoms with Gasteiger partial charge in [-0.2, -0.15) is 0 Å². The van der Waals surface area contributed by atoms with Crippen molar-refractivity contribution >= 4 is 16.7 Å².